The molecule has 0 aliphatic carbocycles. The number of aromatic nitrogens is 5. The van der Waals surface area contributed by atoms with Crippen molar-refractivity contribution in [2.45, 2.75) is 13.3 Å². The van der Waals surface area contributed by atoms with Crippen LogP contribution in [0.15, 0.2) is 42.6 Å². The number of fused-ring (bicyclic) bond motifs is 1. The first kappa shape index (κ1) is 18.2. The second-order valence-corrected chi connectivity index (χ2v) is 6.71. The van der Waals surface area contributed by atoms with E-state index in [1.165, 1.54) is 0 Å². The van der Waals surface area contributed by atoms with Gasteiger partial charge in [-0.15, -0.1) is 5.10 Å². The molecule has 0 radical (unpaired) electrons. The van der Waals surface area contributed by atoms with Crippen LogP contribution in [0.25, 0.3) is 28.2 Å². The fourth-order valence-electron chi connectivity index (χ4n) is 3.28. The van der Waals surface area contributed by atoms with Gasteiger partial charge < -0.3 is 14.0 Å². The Balaban J connectivity index is 1.89. The van der Waals surface area contributed by atoms with Crippen molar-refractivity contribution in [2.24, 2.45) is 7.05 Å². The van der Waals surface area contributed by atoms with Crippen molar-refractivity contribution in [2.75, 3.05) is 20.8 Å². The molecule has 3 heterocycles. The maximum absolute atomic E-state index is 5.37. The number of aryl methyl sites for hydroxylation is 2. The van der Waals surface area contributed by atoms with E-state index >= 15 is 0 Å². The van der Waals surface area contributed by atoms with Gasteiger partial charge in [0.05, 0.1) is 19.4 Å². The molecule has 1 aromatic carbocycles. The highest BCUT2D eigenvalue weighted by atomic mass is 16.5. The molecule has 0 amide bonds. The van der Waals surface area contributed by atoms with Gasteiger partial charge in [-0.25, -0.2) is 9.97 Å². The molecule has 0 saturated carbocycles. The number of ether oxygens (including phenoxy) is 2. The minimum atomic E-state index is 0.566. The highest BCUT2D eigenvalue weighted by Gasteiger charge is 2.19. The van der Waals surface area contributed by atoms with Gasteiger partial charge in [0, 0.05) is 37.7 Å². The molecule has 3 aromatic heterocycles. The van der Waals surface area contributed by atoms with Crippen molar-refractivity contribution in [1.29, 1.82) is 0 Å². The van der Waals surface area contributed by atoms with E-state index in [-0.39, 0.29) is 0 Å². The number of pyridine rings is 1. The second-order valence-electron chi connectivity index (χ2n) is 6.71. The summed E-state index contributed by atoms with van der Waals surface area (Å²) in [6, 6.07) is 12.1. The number of rotatable bonds is 6. The molecule has 4 rings (SSSR count). The van der Waals surface area contributed by atoms with Crippen molar-refractivity contribution in [3.8, 4) is 23.1 Å². The van der Waals surface area contributed by atoms with E-state index in [9.17, 15) is 0 Å². The largest absolute Gasteiger partial charge is 0.497 e. The Morgan fingerprint density at radius 1 is 1.07 bits per heavy atom. The smallest absolute Gasteiger partial charge is 0.181 e. The predicted molar refractivity (Wildman–Crippen MR) is 108 cm³/mol. The van der Waals surface area contributed by atoms with Crippen LogP contribution in [0.2, 0.25) is 0 Å². The van der Waals surface area contributed by atoms with Gasteiger partial charge in [-0.3, -0.25) is 0 Å². The lowest BCUT2D eigenvalue weighted by Crippen LogP contribution is -2.05. The van der Waals surface area contributed by atoms with Crippen LogP contribution in [0.3, 0.4) is 0 Å². The molecule has 0 atom stereocenters. The van der Waals surface area contributed by atoms with E-state index in [1.54, 1.807) is 20.4 Å². The van der Waals surface area contributed by atoms with E-state index in [1.807, 2.05) is 42.9 Å². The Kier molecular flexibility index (Phi) is 4.83. The van der Waals surface area contributed by atoms with Crippen molar-refractivity contribution in [3.05, 3.63) is 54.0 Å². The first-order valence-corrected chi connectivity index (χ1v) is 9.12. The summed E-state index contributed by atoms with van der Waals surface area (Å²) in [5, 5.41) is 5.79. The summed E-state index contributed by atoms with van der Waals surface area (Å²) in [7, 11) is 5.38. The topological polar surface area (TPSA) is 67.0 Å². The van der Waals surface area contributed by atoms with Crippen LogP contribution < -0.4 is 4.74 Å². The fourth-order valence-corrected chi connectivity index (χ4v) is 3.28. The summed E-state index contributed by atoms with van der Waals surface area (Å²) < 4.78 is 14.5. The summed E-state index contributed by atoms with van der Waals surface area (Å²) in [6.45, 7) is 2.60. The maximum Gasteiger partial charge on any atom is 0.181 e. The Morgan fingerprint density at radius 3 is 2.68 bits per heavy atom. The van der Waals surface area contributed by atoms with Gasteiger partial charge in [0.15, 0.2) is 17.5 Å². The SMILES string of the molecule is COCCc1nc(-c2cc3cc(OC)ccc3n2C)n(-c2cc(C)ccn2)n1. The van der Waals surface area contributed by atoms with E-state index in [4.69, 9.17) is 19.6 Å². The van der Waals surface area contributed by atoms with Gasteiger partial charge in [-0.1, -0.05) is 0 Å². The van der Waals surface area contributed by atoms with Crippen LogP contribution in [-0.4, -0.2) is 45.1 Å². The van der Waals surface area contributed by atoms with Gasteiger partial charge in [0.25, 0.3) is 0 Å². The third kappa shape index (κ3) is 3.25. The molecule has 28 heavy (non-hydrogen) atoms. The summed E-state index contributed by atoms with van der Waals surface area (Å²) in [6.07, 6.45) is 2.43. The van der Waals surface area contributed by atoms with E-state index in [2.05, 4.69) is 21.7 Å². The summed E-state index contributed by atoms with van der Waals surface area (Å²) in [4.78, 5) is 9.30. The molecule has 0 fully saturated rings. The van der Waals surface area contributed by atoms with Crippen molar-refractivity contribution < 1.29 is 9.47 Å². The lowest BCUT2D eigenvalue weighted by molar-refractivity contribution is 0.200. The van der Waals surface area contributed by atoms with Crippen molar-refractivity contribution in [3.63, 3.8) is 0 Å². The Morgan fingerprint density at radius 2 is 1.93 bits per heavy atom. The van der Waals surface area contributed by atoms with Crippen LogP contribution >= 0.6 is 0 Å². The number of nitrogens with zero attached hydrogens (tertiary/aromatic N) is 5. The number of hydrogen-bond donors (Lipinski definition) is 0. The second kappa shape index (κ2) is 7.44. The van der Waals surface area contributed by atoms with Crippen molar-refractivity contribution >= 4 is 10.9 Å². The van der Waals surface area contributed by atoms with Crippen LogP contribution in [0.4, 0.5) is 0 Å². The van der Waals surface area contributed by atoms with Gasteiger partial charge in [0.1, 0.15) is 5.75 Å². The third-order valence-corrected chi connectivity index (χ3v) is 4.78. The van der Waals surface area contributed by atoms with Crippen LogP contribution in [0.5, 0.6) is 5.75 Å². The monoisotopic (exact) mass is 377 g/mol. The highest BCUT2D eigenvalue weighted by Crippen LogP contribution is 2.30. The molecule has 0 aliphatic rings. The highest BCUT2D eigenvalue weighted by molar-refractivity contribution is 5.87. The molecule has 0 bridgehead atoms. The molecule has 7 heteroatoms. The summed E-state index contributed by atoms with van der Waals surface area (Å²) in [5.74, 6) is 3.05. The fraction of sp³-hybridized carbons (Fsp3) is 0.286. The summed E-state index contributed by atoms with van der Waals surface area (Å²) in [5.41, 5.74) is 3.18. The predicted octanol–water partition coefficient (Wildman–Crippen LogP) is 3.33. The molecular formula is C21H23N5O2. The number of benzene rings is 1. The minimum Gasteiger partial charge on any atom is -0.497 e. The minimum absolute atomic E-state index is 0.566. The average Bonchev–Trinajstić information content (AvgIpc) is 3.27. The Labute approximate surface area is 163 Å². The van der Waals surface area contributed by atoms with Crippen LogP contribution in [0.1, 0.15) is 11.4 Å². The molecule has 4 aromatic rings. The molecule has 144 valence electrons. The van der Waals surface area contributed by atoms with Crippen LogP contribution in [-0.2, 0) is 18.2 Å². The number of methoxy groups -OCH3 is 2. The van der Waals surface area contributed by atoms with Gasteiger partial charge in [-0.2, -0.15) is 4.68 Å². The standard InChI is InChI=1S/C21H23N5O2/c1-14-7-9-22-20(11-14)26-21(23-19(24-26)8-10-27-3)18-13-15-12-16(28-4)5-6-17(15)25(18)2/h5-7,9,11-13H,8,10H2,1-4H3. The zero-order chi connectivity index (χ0) is 19.7. The van der Waals surface area contributed by atoms with E-state index < -0.39 is 0 Å². The van der Waals surface area contributed by atoms with E-state index in [0.29, 0.717) is 13.0 Å². The first-order valence-electron chi connectivity index (χ1n) is 9.12. The maximum atomic E-state index is 5.37. The van der Waals surface area contributed by atoms with E-state index in [0.717, 1.165) is 45.4 Å². The molecule has 7 nitrogen and oxygen atoms in total. The number of hydrogen-bond acceptors (Lipinski definition) is 5. The molecule has 0 saturated heterocycles. The van der Waals surface area contributed by atoms with Crippen LogP contribution in [0, 0.1) is 6.92 Å². The first-order chi connectivity index (χ1) is 13.6. The Bertz CT molecular complexity index is 1130. The van der Waals surface area contributed by atoms with Gasteiger partial charge in [0.2, 0.25) is 0 Å². The zero-order valence-electron chi connectivity index (χ0n) is 16.5. The van der Waals surface area contributed by atoms with Gasteiger partial charge in [-0.05, 0) is 48.9 Å². The lowest BCUT2D eigenvalue weighted by Gasteiger charge is -2.07. The molecule has 0 unspecified atom stereocenters. The summed E-state index contributed by atoms with van der Waals surface area (Å²) >= 11 is 0. The lowest BCUT2D eigenvalue weighted by atomic mass is 10.2. The van der Waals surface area contributed by atoms with Gasteiger partial charge >= 0.3 is 0 Å². The Hall–Kier alpha value is -3.19. The molecule has 0 N–H and O–H groups in total. The molecule has 0 spiro atoms. The zero-order valence-corrected chi connectivity index (χ0v) is 16.5. The molecular weight excluding hydrogens is 354 g/mol. The van der Waals surface area contributed by atoms with Crippen molar-refractivity contribution in [1.82, 2.24) is 24.3 Å². The quantitative estimate of drug-likeness (QED) is 0.516. The average molecular weight is 377 g/mol. The normalized spacial score (nSPS) is 11.3. The molecule has 0 aliphatic heterocycles. The third-order valence-electron chi connectivity index (χ3n) is 4.78.